The van der Waals surface area contributed by atoms with E-state index < -0.39 is 5.91 Å². The lowest BCUT2D eigenvalue weighted by molar-refractivity contribution is -0.114. The minimum absolute atomic E-state index is 0.218. The van der Waals surface area contributed by atoms with Gasteiger partial charge >= 0.3 is 0 Å². The SMILES string of the molecule is CC(=O)Nc1ccc(Cl)c(NC(=O)/C=C/c2cccc(Cl)c2Cl)c1. The summed E-state index contributed by atoms with van der Waals surface area (Å²) in [6, 6.07) is 9.93. The fourth-order valence-electron chi connectivity index (χ4n) is 1.89. The number of nitrogens with one attached hydrogen (secondary N) is 2. The summed E-state index contributed by atoms with van der Waals surface area (Å²) in [5.41, 5.74) is 1.54. The lowest BCUT2D eigenvalue weighted by Gasteiger charge is -2.08. The molecule has 0 heterocycles. The number of hydrogen-bond donors (Lipinski definition) is 2. The molecule has 0 aliphatic carbocycles. The van der Waals surface area contributed by atoms with E-state index in [1.165, 1.54) is 13.0 Å². The zero-order chi connectivity index (χ0) is 17.7. The largest absolute Gasteiger partial charge is 0.326 e. The van der Waals surface area contributed by atoms with Crippen molar-refractivity contribution in [3.8, 4) is 0 Å². The van der Waals surface area contributed by atoms with Gasteiger partial charge in [0.25, 0.3) is 0 Å². The summed E-state index contributed by atoms with van der Waals surface area (Å²) >= 11 is 18.0. The molecule has 4 nitrogen and oxygen atoms in total. The van der Waals surface area contributed by atoms with Crippen molar-refractivity contribution in [2.45, 2.75) is 6.92 Å². The van der Waals surface area contributed by atoms with E-state index in [0.717, 1.165) is 0 Å². The second-order valence-corrected chi connectivity index (χ2v) is 6.03. The molecule has 0 unspecified atom stereocenters. The van der Waals surface area contributed by atoms with Crippen molar-refractivity contribution in [2.24, 2.45) is 0 Å². The molecule has 2 rings (SSSR count). The zero-order valence-corrected chi connectivity index (χ0v) is 14.8. The second kappa shape index (κ2) is 8.20. The van der Waals surface area contributed by atoms with Gasteiger partial charge in [0.05, 0.1) is 20.8 Å². The van der Waals surface area contributed by atoms with E-state index in [1.54, 1.807) is 42.5 Å². The van der Waals surface area contributed by atoms with Crippen molar-refractivity contribution >= 4 is 64.1 Å². The van der Waals surface area contributed by atoms with Crippen LogP contribution in [-0.4, -0.2) is 11.8 Å². The Morgan fingerprint density at radius 2 is 1.75 bits per heavy atom. The Balaban J connectivity index is 2.13. The number of rotatable bonds is 4. The maximum atomic E-state index is 12.0. The number of amides is 2. The summed E-state index contributed by atoms with van der Waals surface area (Å²) in [7, 11) is 0. The van der Waals surface area contributed by atoms with Gasteiger partial charge in [-0.3, -0.25) is 9.59 Å². The first-order chi connectivity index (χ1) is 11.4. The quantitative estimate of drug-likeness (QED) is 0.708. The fraction of sp³-hybridized carbons (Fsp3) is 0.0588. The van der Waals surface area contributed by atoms with Gasteiger partial charge < -0.3 is 10.6 Å². The molecule has 0 fully saturated rings. The maximum absolute atomic E-state index is 12.0. The highest BCUT2D eigenvalue weighted by Crippen LogP contribution is 2.27. The standard InChI is InChI=1S/C17H13Cl3N2O2/c1-10(23)21-12-6-7-13(18)15(9-12)22-16(24)8-5-11-3-2-4-14(19)17(11)20/h2-9H,1H3,(H,21,23)(H,22,24)/b8-5+. The Hall–Kier alpha value is -2.01. The average Bonchev–Trinajstić information content (AvgIpc) is 2.51. The van der Waals surface area contributed by atoms with Crippen LogP contribution in [0.5, 0.6) is 0 Å². The van der Waals surface area contributed by atoms with Gasteiger partial charge in [-0.25, -0.2) is 0 Å². The Labute approximate surface area is 154 Å². The molecule has 0 radical (unpaired) electrons. The molecule has 2 N–H and O–H groups in total. The van der Waals surface area contributed by atoms with Crippen molar-refractivity contribution in [2.75, 3.05) is 10.6 Å². The molecule has 0 bridgehead atoms. The van der Waals surface area contributed by atoms with Crippen LogP contribution >= 0.6 is 34.8 Å². The minimum Gasteiger partial charge on any atom is -0.326 e. The Morgan fingerprint density at radius 3 is 2.46 bits per heavy atom. The third-order valence-corrected chi connectivity index (χ3v) is 4.10. The molecule has 124 valence electrons. The summed E-state index contributed by atoms with van der Waals surface area (Å²) in [6.45, 7) is 1.39. The van der Waals surface area contributed by atoms with E-state index in [-0.39, 0.29) is 5.91 Å². The van der Waals surface area contributed by atoms with E-state index in [2.05, 4.69) is 10.6 Å². The zero-order valence-electron chi connectivity index (χ0n) is 12.6. The maximum Gasteiger partial charge on any atom is 0.248 e. The molecule has 2 aromatic rings. The number of hydrogen-bond acceptors (Lipinski definition) is 2. The Bertz CT molecular complexity index is 819. The van der Waals surface area contributed by atoms with Gasteiger partial charge in [0, 0.05) is 18.7 Å². The van der Waals surface area contributed by atoms with E-state index in [4.69, 9.17) is 34.8 Å². The molecule has 2 amide bonds. The van der Waals surface area contributed by atoms with E-state index >= 15 is 0 Å². The van der Waals surface area contributed by atoms with Crippen LogP contribution in [0.25, 0.3) is 6.08 Å². The van der Waals surface area contributed by atoms with Crippen molar-refractivity contribution in [3.05, 3.63) is 63.1 Å². The van der Waals surface area contributed by atoms with Gasteiger partial charge in [0.2, 0.25) is 11.8 Å². The van der Waals surface area contributed by atoms with Crippen LogP contribution in [0.1, 0.15) is 12.5 Å². The van der Waals surface area contributed by atoms with Crippen LogP contribution in [0.2, 0.25) is 15.1 Å². The Morgan fingerprint density at radius 1 is 1.00 bits per heavy atom. The van der Waals surface area contributed by atoms with E-state index in [1.807, 2.05) is 0 Å². The first-order valence-electron chi connectivity index (χ1n) is 6.87. The van der Waals surface area contributed by atoms with Crippen molar-refractivity contribution in [3.63, 3.8) is 0 Å². The summed E-state index contributed by atoms with van der Waals surface area (Å²) < 4.78 is 0. The van der Waals surface area contributed by atoms with Gasteiger partial charge in [-0.1, -0.05) is 46.9 Å². The minimum atomic E-state index is -0.395. The molecule has 2 aromatic carbocycles. The van der Waals surface area contributed by atoms with Gasteiger partial charge in [0.15, 0.2) is 0 Å². The van der Waals surface area contributed by atoms with Crippen LogP contribution in [0.15, 0.2) is 42.5 Å². The van der Waals surface area contributed by atoms with Crippen molar-refractivity contribution < 1.29 is 9.59 Å². The number of benzene rings is 2. The molecular weight excluding hydrogens is 371 g/mol. The van der Waals surface area contributed by atoms with Gasteiger partial charge in [-0.2, -0.15) is 0 Å². The van der Waals surface area contributed by atoms with Gasteiger partial charge in [-0.05, 0) is 35.9 Å². The topological polar surface area (TPSA) is 58.2 Å². The van der Waals surface area contributed by atoms with E-state index in [9.17, 15) is 9.59 Å². The molecule has 24 heavy (non-hydrogen) atoms. The van der Waals surface area contributed by atoms with Crippen LogP contribution < -0.4 is 10.6 Å². The molecule has 7 heteroatoms. The molecule has 0 atom stereocenters. The molecule has 0 saturated carbocycles. The molecular formula is C17H13Cl3N2O2. The second-order valence-electron chi connectivity index (χ2n) is 4.84. The Kier molecular flexibility index (Phi) is 6.26. The fourth-order valence-corrected chi connectivity index (χ4v) is 2.43. The molecule has 0 aromatic heterocycles. The molecule has 0 aliphatic heterocycles. The highest BCUT2D eigenvalue weighted by Gasteiger charge is 2.07. The molecule has 0 spiro atoms. The third kappa shape index (κ3) is 4.99. The third-order valence-electron chi connectivity index (χ3n) is 2.94. The summed E-state index contributed by atoms with van der Waals surface area (Å²) in [5, 5.41) is 6.39. The van der Waals surface area contributed by atoms with Crippen LogP contribution in [-0.2, 0) is 9.59 Å². The molecule has 0 aliphatic rings. The van der Waals surface area contributed by atoms with Crippen LogP contribution in [0.3, 0.4) is 0 Å². The normalized spacial score (nSPS) is 10.7. The first-order valence-corrected chi connectivity index (χ1v) is 8.00. The highest BCUT2D eigenvalue weighted by atomic mass is 35.5. The first kappa shape index (κ1) is 18.3. The predicted molar refractivity (Wildman–Crippen MR) is 99.9 cm³/mol. The van der Waals surface area contributed by atoms with Gasteiger partial charge in [-0.15, -0.1) is 0 Å². The average molecular weight is 384 g/mol. The van der Waals surface area contributed by atoms with E-state index in [0.29, 0.717) is 32.0 Å². The van der Waals surface area contributed by atoms with Crippen molar-refractivity contribution in [1.29, 1.82) is 0 Å². The number of carbonyl (C=O) groups is 2. The summed E-state index contributed by atoms with van der Waals surface area (Å²) in [6.07, 6.45) is 2.87. The smallest absolute Gasteiger partial charge is 0.248 e. The van der Waals surface area contributed by atoms with Crippen LogP contribution in [0.4, 0.5) is 11.4 Å². The van der Waals surface area contributed by atoms with Crippen LogP contribution in [0, 0.1) is 0 Å². The molecule has 0 saturated heterocycles. The van der Waals surface area contributed by atoms with Gasteiger partial charge in [0.1, 0.15) is 0 Å². The summed E-state index contributed by atoms with van der Waals surface area (Å²) in [4.78, 5) is 23.1. The number of halogens is 3. The highest BCUT2D eigenvalue weighted by molar-refractivity contribution is 6.43. The predicted octanol–water partition coefficient (Wildman–Crippen LogP) is 5.26. The summed E-state index contributed by atoms with van der Waals surface area (Å²) in [5.74, 6) is -0.613. The lowest BCUT2D eigenvalue weighted by Crippen LogP contribution is -2.10. The van der Waals surface area contributed by atoms with Crippen molar-refractivity contribution in [1.82, 2.24) is 0 Å². The monoisotopic (exact) mass is 382 g/mol. The number of carbonyl (C=O) groups excluding carboxylic acids is 2. The number of anilines is 2. The lowest BCUT2D eigenvalue weighted by atomic mass is 10.2.